The number of aromatic nitrogens is 1. The van der Waals surface area contributed by atoms with Crippen molar-refractivity contribution in [2.45, 2.75) is 18.4 Å². The molecule has 0 saturated carbocycles. The summed E-state index contributed by atoms with van der Waals surface area (Å²) in [6.07, 6.45) is 1.13. The van der Waals surface area contributed by atoms with Crippen molar-refractivity contribution in [3.05, 3.63) is 83.9 Å². The zero-order chi connectivity index (χ0) is 22.7. The lowest BCUT2D eigenvalue weighted by atomic mass is 10.1. The van der Waals surface area contributed by atoms with E-state index >= 15 is 0 Å². The number of sulfone groups is 1. The third kappa shape index (κ3) is 4.66. The summed E-state index contributed by atoms with van der Waals surface area (Å²) in [6.45, 7) is 2.72. The van der Waals surface area contributed by atoms with Gasteiger partial charge in [-0.1, -0.05) is 53.8 Å². The molecule has 8 heteroatoms. The van der Waals surface area contributed by atoms with Crippen LogP contribution >= 0.6 is 11.3 Å². The first-order valence-electron chi connectivity index (χ1n) is 10.0. The second kappa shape index (κ2) is 9.10. The van der Waals surface area contributed by atoms with Gasteiger partial charge in [0.1, 0.15) is 11.3 Å². The predicted molar refractivity (Wildman–Crippen MR) is 127 cm³/mol. The van der Waals surface area contributed by atoms with E-state index in [1.54, 1.807) is 17.0 Å². The van der Waals surface area contributed by atoms with E-state index in [0.29, 0.717) is 29.5 Å². The average Bonchev–Trinajstić information content (AvgIpc) is 3.22. The van der Waals surface area contributed by atoms with E-state index in [0.717, 1.165) is 16.5 Å². The van der Waals surface area contributed by atoms with E-state index in [2.05, 4.69) is 0 Å². The van der Waals surface area contributed by atoms with Crippen LogP contribution < -0.4 is 9.64 Å². The lowest BCUT2D eigenvalue weighted by Gasteiger charge is -2.20. The standard InChI is InChI=1S/C24H22N2O4S2/c1-3-30-20-13-8-14-21-22(20)25-24(31-21)26(16-17-9-5-4-6-10-17)23(27)18-11-7-12-19(15-18)32(2,28)29/h4-15H,3,16H2,1-2H3. The maximum Gasteiger partial charge on any atom is 0.260 e. The number of hydrogen-bond acceptors (Lipinski definition) is 6. The molecule has 3 aromatic carbocycles. The van der Waals surface area contributed by atoms with Crippen molar-refractivity contribution in [3.8, 4) is 5.75 Å². The number of carbonyl (C=O) groups is 1. The van der Waals surface area contributed by atoms with Crippen molar-refractivity contribution >= 4 is 42.4 Å². The quantitative estimate of drug-likeness (QED) is 0.385. The monoisotopic (exact) mass is 466 g/mol. The van der Waals surface area contributed by atoms with Crippen LogP contribution in [-0.2, 0) is 16.4 Å². The van der Waals surface area contributed by atoms with Crippen molar-refractivity contribution in [2.24, 2.45) is 0 Å². The molecule has 0 N–H and O–H groups in total. The summed E-state index contributed by atoms with van der Waals surface area (Å²) in [5.74, 6) is 0.343. The Kier molecular flexibility index (Phi) is 6.25. The molecule has 0 fully saturated rings. The highest BCUT2D eigenvalue weighted by atomic mass is 32.2. The van der Waals surface area contributed by atoms with Gasteiger partial charge in [-0.25, -0.2) is 13.4 Å². The first-order chi connectivity index (χ1) is 15.4. The summed E-state index contributed by atoms with van der Waals surface area (Å²) >= 11 is 1.39. The van der Waals surface area contributed by atoms with Crippen LogP contribution in [0.1, 0.15) is 22.8 Å². The number of carbonyl (C=O) groups excluding carboxylic acids is 1. The number of rotatable bonds is 7. The Labute approximate surface area is 191 Å². The average molecular weight is 467 g/mol. The molecule has 0 aliphatic rings. The van der Waals surface area contributed by atoms with Gasteiger partial charge in [-0.05, 0) is 42.8 Å². The number of ether oxygens (including phenoxy) is 1. The zero-order valence-electron chi connectivity index (χ0n) is 17.7. The van der Waals surface area contributed by atoms with Crippen LogP contribution in [0, 0.1) is 0 Å². The first kappa shape index (κ1) is 22.0. The minimum absolute atomic E-state index is 0.103. The Morgan fingerprint density at radius 2 is 1.78 bits per heavy atom. The van der Waals surface area contributed by atoms with E-state index in [1.807, 2.05) is 55.5 Å². The van der Waals surface area contributed by atoms with E-state index in [-0.39, 0.29) is 16.4 Å². The van der Waals surface area contributed by atoms with E-state index in [1.165, 1.54) is 23.5 Å². The Morgan fingerprint density at radius 3 is 2.50 bits per heavy atom. The maximum absolute atomic E-state index is 13.6. The van der Waals surface area contributed by atoms with Gasteiger partial charge in [0.2, 0.25) is 0 Å². The van der Waals surface area contributed by atoms with Gasteiger partial charge in [-0.2, -0.15) is 0 Å². The van der Waals surface area contributed by atoms with E-state index < -0.39 is 9.84 Å². The Bertz CT molecular complexity index is 1370. The normalized spacial score (nSPS) is 11.4. The summed E-state index contributed by atoms with van der Waals surface area (Å²) in [7, 11) is -3.44. The Balaban J connectivity index is 1.80. The topological polar surface area (TPSA) is 76.6 Å². The second-order valence-corrected chi connectivity index (χ2v) is 10.2. The number of anilines is 1. The van der Waals surface area contributed by atoms with Gasteiger partial charge in [0.15, 0.2) is 15.0 Å². The van der Waals surface area contributed by atoms with E-state index in [4.69, 9.17) is 9.72 Å². The fourth-order valence-corrected chi connectivity index (χ4v) is 4.95. The van der Waals surface area contributed by atoms with Gasteiger partial charge < -0.3 is 4.74 Å². The SMILES string of the molecule is CCOc1cccc2sc(N(Cc3ccccc3)C(=O)c3cccc(S(C)(=O)=O)c3)nc12. The van der Waals surface area contributed by atoms with Crippen molar-refractivity contribution in [1.82, 2.24) is 4.98 Å². The molecule has 0 aliphatic heterocycles. The molecule has 0 unspecified atom stereocenters. The van der Waals surface area contributed by atoms with Gasteiger partial charge in [-0.3, -0.25) is 9.69 Å². The number of fused-ring (bicyclic) bond motifs is 1. The molecular weight excluding hydrogens is 444 g/mol. The van der Waals surface area contributed by atoms with Crippen LogP contribution in [0.5, 0.6) is 5.75 Å². The van der Waals surface area contributed by atoms with Crippen molar-refractivity contribution in [2.75, 3.05) is 17.8 Å². The minimum Gasteiger partial charge on any atom is -0.492 e. The summed E-state index contributed by atoms with van der Waals surface area (Å²) in [5.41, 5.74) is 1.92. The molecule has 0 aliphatic carbocycles. The highest BCUT2D eigenvalue weighted by Gasteiger charge is 2.23. The molecule has 0 saturated heterocycles. The molecule has 0 radical (unpaired) electrons. The second-order valence-electron chi connectivity index (χ2n) is 7.21. The summed E-state index contributed by atoms with van der Waals surface area (Å²) < 4.78 is 30.6. The van der Waals surface area contributed by atoms with Gasteiger partial charge in [-0.15, -0.1) is 0 Å². The highest BCUT2D eigenvalue weighted by molar-refractivity contribution is 7.90. The number of nitrogens with zero attached hydrogens (tertiary/aromatic N) is 2. The first-order valence-corrected chi connectivity index (χ1v) is 12.8. The molecule has 1 aromatic heterocycles. The van der Waals surface area contributed by atoms with Gasteiger partial charge in [0.25, 0.3) is 5.91 Å². The molecule has 1 heterocycles. The molecule has 6 nitrogen and oxygen atoms in total. The number of para-hydroxylation sites is 1. The smallest absolute Gasteiger partial charge is 0.260 e. The Hall–Kier alpha value is -3.23. The highest BCUT2D eigenvalue weighted by Crippen LogP contribution is 2.35. The fourth-order valence-electron chi connectivity index (χ4n) is 3.31. The van der Waals surface area contributed by atoms with Crippen LogP contribution in [0.2, 0.25) is 0 Å². The predicted octanol–water partition coefficient (Wildman–Crippen LogP) is 4.95. The largest absolute Gasteiger partial charge is 0.492 e. The molecule has 164 valence electrons. The maximum atomic E-state index is 13.6. The lowest BCUT2D eigenvalue weighted by Crippen LogP contribution is -2.30. The van der Waals surface area contributed by atoms with Crippen LogP contribution in [0.15, 0.2) is 77.7 Å². The third-order valence-corrected chi connectivity index (χ3v) is 6.99. The molecular formula is C24H22N2O4S2. The molecule has 0 bridgehead atoms. The number of benzene rings is 3. The van der Waals surface area contributed by atoms with Gasteiger partial charge >= 0.3 is 0 Å². The lowest BCUT2D eigenvalue weighted by molar-refractivity contribution is 0.0985. The molecule has 0 atom stereocenters. The molecule has 0 spiro atoms. The molecule has 4 rings (SSSR count). The minimum atomic E-state index is -3.44. The molecule has 1 amide bonds. The number of hydrogen-bond donors (Lipinski definition) is 0. The van der Waals surface area contributed by atoms with Crippen LogP contribution in [0.25, 0.3) is 10.2 Å². The van der Waals surface area contributed by atoms with Crippen molar-refractivity contribution in [1.29, 1.82) is 0 Å². The molecule has 4 aromatic rings. The van der Waals surface area contributed by atoms with Crippen molar-refractivity contribution < 1.29 is 17.9 Å². The van der Waals surface area contributed by atoms with Gasteiger partial charge in [0, 0.05) is 11.8 Å². The number of thiazole rings is 1. The third-order valence-electron chi connectivity index (χ3n) is 4.84. The summed E-state index contributed by atoms with van der Waals surface area (Å²) in [6, 6.07) is 21.4. The fraction of sp³-hybridized carbons (Fsp3) is 0.167. The van der Waals surface area contributed by atoms with Crippen LogP contribution in [-0.4, -0.2) is 32.2 Å². The summed E-state index contributed by atoms with van der Waals surface area (Å²) in [4.78, 5) is 20.0. The number of amides is 1. The van der Waals surface area contributed by atoms with Crippen LogP contribution in [0.3, 0.4) is 0 Å². The van der Waals surface area contributed by atoms with Crippen LogP contribution in [0.4, 0.5) is 5.13 Å². The molecule has 32 heavy (non-hydrogen) atoms. The van der Waals surface area contributed by atoms with Gasteiger partial charge in [0.05, 0.1) is 22.7 Å². The van der Waals surface area contributed by atoms with E-state index in [9.17, 15) is 13.2 Å². The zero-order valence-corrected chi connectivity index (χ0v) is 19.3. The Morgan fingerprint density at radius 1 is 1.03 bits per heavy atom. The van der Waals surface area contributed by atoms with Crippen molar-refractivity contribution in [3.63, 3.8) is 0 Å². The summed E-state index contributed by atoms with van der Waals surface area (Å²) in [5, 5.41) is 0.519.